The number of esters is 1. The highest BCUT2D eigenvalue weighted by Gasteiger charge is 2.53. The van der Waals surface area contributed by atoms with Crippen LogP contribution in [0.2, 0.25) is 0 Å². The van der Waals surface area contributed by atoms with Gasteiger partial charge in [-0.3, -0.25) is 0 Å². The van der Waals surface area contributed by atoms with E-state index in [0.29, 0.717) is 12.5 Å². The maximum Gasteiger partial charge on any atom is 0.330 e. The van der Waals surface area contributed by atoms with Gasteiger partial charge in [0, 0.05) is 11.5 Å². The van der Waals surface area contributed by atoms with E-state index in [1.807, 2.05) is 13.8 Å². The lowest BCUT2D eigenvalue weighted by Gasteiger charge is -2.28. The van der Waals surface area contributed by atoms with E-state index in [0.717, 1.165) is 5.57 Å². The predicted molar refractivity (Wildman–Crippen MR) is 128 cm³/mol. The molecule has 0 radical (unpaired) electrons. The second-order valence-electron chi connectivity index (χ2n) is 11.0. The fourth-order valence-corrected chi connectivity index (χ4v) is 4.26. The molecule has 0 N–H and O–H groups in total. The molecular formula is C28H42O2. The highest BCUT2D eigenvalue weighted by Crippen LogP contribution is 2.59. The molecule has 0 saturated heterocycles. The third kappa shape index (κ3) is 5.86. The van der Waals surface area contributed by atoms with E-state index in [9.17, 15) is 4.79 Å². The molecule has 2 rings (SSSR count). The zero-order chi connectivity index (χ0) is 22.7. The Kier molecular flexibility index (Phi) is 7.43. The molecule has 1 fully saturated rings. The first kappa shape index (κ1) is 24.4. The molecule has 0 amide bonds. The number of ether oxygens (including phenoxy) is 1. The van der Waals surface area contributed by atoms with Crippen molar-refractivity contribution < 1.29 is 9.53 Å². The van der Waals surface area contributed by atoms with Crippen LogP contribution >= 0.6 is 0 Å². The van der Waals surface area contributed by atoms with Gasteiger partial charge in [0.15, 0.2) is 0 Å². The Labute approximate surface area is 184 Å². The third-order valence-electron chi connectivity index (χ3n) is 6.29. The second kappa shape index (κ2) is 9.12. The summed E-state index contributed by atoms with van der Waals surface area (Å²) in [5, 5.41) is 0. The Bertz CT molecular complexity index is 782. The zero-order valence-electron chi connectivity index (χ0n) is 20.7. The number of carbonyl (C=O) groups is 1. The standard InChI is InChI=1S/C28H42O2/c1-10-14-28(19-21(28)13-12-20(3)15-25(29)30-11-2)24-17-22(26(4,5)6)16-23(18-24)27(7,8)9/h12-13,15-18,21H,10-11,14,19H2,1-9H3/b13-12+,20-15+. The SMILES string of the molecule is CCCC1(c2cc(C(C)(C)C)cc(C(C)(C)C)c2)CC1/C=C/C(C)=C/C(=O)OCC. The minimum absolute atomic E-state index is 0.128. The predicted octanol–water partition coefficient (Wildman–Crippen LogP) is 7.41. The average molecular weight is 411 g/mol. The van der Waals surface area contributed by atoms with Crippen LogP contribution in [0.3, 0.4) is 0 Å². The summed E-state index contributed by atoms with van der Waals surface area (Å²) < 4.78 is 5.02. The normalized spacial score (nSPS) is 22.4. The largest absolute Gasteiger partial charge is 0.463 e. The van der Waals surface area contributed by atoms with Crippen molar-refractivity contribution in [3.05, 3.63) is 58.7 Å². The molecule has 0 bridgehead atoms. The van der Waals surface area contributed by atoms with Gasteiger partial charge in [0.2, 0.25) is 0 Å². The van der Waals surface area contributed by atoms with Crippen molar-refractivity contribution in [1.29, 1.82) is 0 Å². The fourth-order valence-electron chi connectivity index (χ4n) is 4.26. The smallest absolute Gasteiger partial charge is 0.330 e. The van der Waals surface area contributed by atoms with Gasteiger partial charge in [-0.1, -0.05) is 85.2 Å². The molecule has 1 aromatic rings. The molecule has 1 aliphatic carbocycles. The molecule has 1 aromatic carbocycles. The van der Waals surface area contributed by atoms with Crippen LogP contribution in [0.1, 0.15) is 98.3 Å². The van der Waals surface area contributed by atoms with Crippen LogP contribution in [0.5, 0.6) is 0 Å². The molecule has 0 aliphatic heterocycles. The molecule has 1 aliphatic rings. The lowest BCUT2D eigenvalue weighted by Crippen LogP contribution is -2.20. The van der Waals surface area contributed by atoms with Crippen molar-refractivity contribution in [3.63, 3.8) is 0 Å². The Morgan fingerprint density at radius 3 is 2.10 bits per heavy atom. The quantitative estimate of drug-likeness (QED) is 0.266. The average Bonchev–Trinajstić information content (AvgIpc) is 3.33. The van der Waals surface area contributed by atoms with Crippen LogP contribution in [-0.2, 0) is 25.8 Å². The molecule has 166 valence electrons. The van der Waals surface area contributed by atoms with Crippen molar-refractivity contribution in [3.8, 4) is 0 Å². The van der Waals surface area contributed by atoms with E-state index in [2.05, 4.69) is 78.8 Å². The van der Waals surface area contributed by atoms with E-state index in [4.69, 9.17) is 4.74 Å². The second-order valence-corrected chi connectivity index (χ2v) is 11.0. The van der Waals surface area contributed by atoms with Gasteiger partial charge in [-0.05, 0) is 65.7 Å². The molecule has 0 spiro atoms. The summed E-state index contributed by atoms with van der Waals surface area (Å²) in [5.74, 6) is 0.258. The highest BCUT2D eigenvalue weighted by atomic mass is 16.5. The van der Waals surface area contributed by atoms with Crippen LogP contribution < -0.4 is 0 Å². The van der Waals surface area contributed by atoms with Gasteiger partial charge >= 0.3 is 5.97 Å². The number of hydrogen-bond donors (Lipinski definition) is 0. The first-order valence-corrected chi connectivity index (χ1v) is 11.5. The van der Waals surface area contributed by atoms with Crippen LogP contribution in [0.25, 0.3) is 0 Å². The molecule has 2 nitrogen and oxygen atoms in total. The van der Waals surface area contributed by atoms with Gasteiger partial charge in [0.1, 0.15) is 0 Å². The van der Waals surface area contributed by atoms with E-state index >= 15 is 0 Å². The number of allylic oxidation sites excluding steroid dienone is 3. The van der Waals surface area contributed by atoms with E-state index in [1.165, 1.54) is 36.0 Å². The molecule has 2 unspecified atom stereocenters. The molecule has 0 heterocycles. The van der Waals surface area contributed by atoms with Crippen molar-refractivity contribution >= 4 is 5.97 Å². The minimum Gasteiger partial charge on any atom is -0.463 e. The van der Waals surface area contributed by atoms with Gasteiger partial charge in [0.25, 0.3) is 0 Å². The van der Waals surface area contributed by atoms with Gasteiger partial charge in [0.05, 0.1) is 6.61 Å². The van der Waals surface area contributed by atoms with Gasteiger partial charge in [-0.15, -0.1) is 0 Å². The summed E-state index contributed by atoms with van der Waals surface area (Å²) in [6.07, 6.45) is 9.54. The topological polar surface area (TPSA) is 26.3 Å². The van der Waals surface area contributed by atoms with Crippen molar-refractivity contribution in [2.45, 2.75) is 97.8 Å². The lowest BCUT2D eigenvalue weighted by molar-refractivity contribution is -0.137. The third-order valence-corrected chi connectivity index (χ3v) is 6.29. The van der Waals surface area contributed by atoms with E-state index in [1.54, 1.807) is 6.08 Å². The summed E-state index contributed by atoms with van der Waals surface area (Å²) in [6, 6.07) is 7.32. The van der Waals surface area contributed by atoms with Crippen LogP contribution in [0, 0.1) is 5.92 Å². The summed E-state index contributed by atoms with van der Waals surface area (Å²) in [4.78, 5) is 11.7. The Balaban J connectivity index is 2.39. The van der Waals surface area contributed by atoms with Gasteiger partial charge < -0.3 is 4.74 Å². The maximum atomic E-state index is 11.7. The molecule has 30 heavy (non-hydrogen) atoms. The number of carbonyl (C=O) groups excluding carboxylic acids is 1. The molecule has 2 atom stereocenters. The number of rotatable bonds is 7. The summed E-state index contributed by atoms with van der Waals surface area (Å²) >= 11 is 0. The van der Waals surface area contributed by atoms with Gasteiger partial charge in [-0.25, -0.2) is 4.79 Å². The molecule has 2 heteroatoms. The summed E-state index contributed by atoms with van der Waals surface area (Å²) in [5.41, 5.74) is 5.76. The van der Waals surface area contributed by atoms with Crippen LogP contribution in [0.4, 0.5) is 0 Å². The minimum atomic E-state index is -0.261. The Morgan fingerprint density at radius 2 is 1.63 bits per heavy atom. The first-order chi connectivity index (χ1) is 13.8. The summed E-state index contributed by atoms with van der Waals surface area (Å²) in [7, 11) is 0. The molecule has 0 aromatic heterocycles. The van der Waals surface area contributed by atoms with E-state index in [-0.39, 0.29) is 22.2 Å². The van der Waals surface area contributed by atoms with Crippen molar-refractivity contribution in [1.82, 2.24) is 0 Å². The fraction of sp³-hybridized carbons (Fsp3) is 0.607. The van der Waals surface area contributed by atoms with Crippen LogP contribution in [0.15, 0.2) is 42.0 Å². The van der Waals surface area contributed by atoms with Crippen molar-refractivity contribution in [2.75, 3.05) is 6.61 Å². The first-order valence-electron chi connectivity index (χ1n) is 11.5. The van der Waals surface area contributed by atoms with Gasteiger partial charge in [-0.2, -0.15) is 0 Å². The number of benzene rings is 1. The maximum absolute atomic E-state index is 11.7. The number of hydrogen-bond acceptors (Lipinski definition) is 2. The van der Waals surface area contributed by atoms with E-state index < -0.39 is 0 Å². The highest BCUT2D eigenvalue weighted by molar-refractivity contribution is 5.83. The molecular weight excluding hydrogens is 368 g/mol. The zero-order valence-corrected chi connectivity index (χ0v) is 20.7. The monoisotopic (exact) mass is 410 g/mol. The molecule has 1 saturated carbocycles. The lowest BCUT2D eigenvalue weighted by atomic mass is 9.76. The Morgan fingerprint density at radius 1 is 1.07 bits per heavy atom. The van der Waals surface area contributed by atoms with Crippen molar-refractivity contribution in [2.24, 2.45) is 5.92 Å². The summed E-state index contributed by atoms with van der Waals surface area (Å²) in [6.45, 7) is 20.3. The Hall–Kier alpha value is -1.83. The van der Waals surface area contributed by atoms with Crippen LogP contribution in [-0.4, -0.2) is 12.6 Å².